The van der Waals surface area contributed by atoms with Crippen molar-refractivity contribution in [2.24, 2.45) is 0 Å². The molecule has 2 aromatic rings. The van der Waals surface area contributed by atoms with Crippen LogP contribution in [0, 0.1) is 0 Å². The fourth-order valence-corrected chi connectivity index (χ4v) is 8.16. The van der Waals surface area contributed by atoms with Crippen molar-refractivity contribution < 1.29 is 29.2 Å². The molecule has 0 aliphatic carbocycles. The van der Waals surface area contributed by atoms with Gasteiger partial charge in [0.15, 0.2) is 0 Å². The van der Waals surface area contributed by atoms with Crippen LogP contribution in [-0.4, -0.2) is 62.1 Å². The molecular weight excluding hydrogens is 756 g/mol. The highest BCUT2D eigenvalue weighted by Gasteiger charge is 2.12. The minimum atomic E-state index is -0.720. The molecule has 0 spiro atoms. The van der Waals surface area contributed by atoms with Crippen LogP contribution >= 0.6 is 11.6 Å². The summed E-state index contributed by atoms with van der Waals surface area (Å²) in [7, 11) is 0. The van der Waals surface area contributed by atoms with Crippen molar-refractivity contribution in [3.8, 4) is 11.5 Å². The van der Waals surface area contributed by atoms with Gasteiger partial charge in [0.25, 0.3) is 0 Å². The van der Waals surface area contributed by atoms with Crippen molar-refractivity contribution in [3.05, 3.63) is 35.4 Å². The van der Waals surface area contributed by atoms with Gasteiger partial charge in [-0.1, -0.05) is 224 Å². The molecular formula is C52H91ClO6. The van der Waals surface area contributed by atoms with Crippen LogP contribution in [0.25, 0.3) is 10.8 Å². The van der Waals surface area contributed by atoms with Crippen LogP contribution in [0.4, 0.5) is 0 Å². The topological polar surface area (TPSA) is 77.4 Å². The van der Waals surface area contributed by atoms with Gasteiger partial charge in [0.1, 0.15) is 36.9 Å². The van der Waals surface area contributed by atoms with Gasteiger partial charge < -0.3 is 29.2 Å². The minimum absolute atomic E-state index is 0.116. The molecule has 2 unspecified atom stereocenters. The van der Waals surface area contributed by atoms with Crippen molar-refractivity contribution >= 4 is 22.4 Å². The maximum atomic E-state index is 10.4. The van der Waals surface area contributed by atoms with E-state index in [-0.39, 0.29) is 26.4 Å². The largest absolute Gasteiger partial charge is 0.491 e. The lowest BCUT2D eigenvalue weighted by atomic mass is 10.0. The Morgan fingerprint density at radius 3 is 1.17 bits per heavy atom. The number of fused-ring (bicyclic) bond motifs is 1. The van der Waals surface area contributed by atoms with Crippen molar-refractivity contribution in [2.75, 3.05) is 39.6 Å². The van der Waals surface area contributed by atoms with E-state index in [9.17, 15) is 10.2 Å². The molecule has 2 rings (SSSR count). The highest BCUT2D eigenvalue weighted by atomic mass is 35.5. The van der Waals surface area contributed by atoms with Crippen LogP contribution in [0.5, 0.6) is 11.5 Å². The van der Waals surface area contributed by atoms with Gasteiger partial charge in [0, 0.05) is 18.6 Å². The van der Waals surface area contributed by atoms with Gasteiger partial charge in [-0.25, -0.2) is 0 Å². The average Bonchev–Trinajstić information content (AvgIpc) is 3.24. The van der Waals surface area contributed by atoms with Crippen molar-refractivity contribution in [3.63, 3.8) is 0 Å². The second-order valence-electron chi connectivity index (χ2n) is 17.4. The van der Waals surface area contributed by atoms with Crippen LogP contribution in [0.15, 0.2) is 30.3 Å². The molecule has 6 nitrogen and oxygen atoms in total. The molecule has 342 valence electrons. The predicted octanol–water partition coefficient (Wildman–Crippen LogP) is 15.5. The monoisotopic (exact) mass is 847 g/mol. The molecule has 0 aliphatic rings. The third-order valence-electron chi connectivity index (χ3n) is 11.7. The zero-order valence-corrected chi connectivity index (χ0v) is 39.1. The lowest BCUT2D eigenvalue weighted by molar-refractivity contribution is 0.0109. The van der Waals surface area contributed by atoms with Crippen LogP contribution in [0.2, 0.25) is 5.02 Å². The third kappa shape index (κ3) is 30.2. The van der Waals surface area contributed by atoms with Crippen LogP contribution in [0.1, 0.15) is 219 Å². The fourth-order valence-electron chi connectivity index (χ4n) is 7.87. The van der Waals surface area contributed by atoms with Gasteiger partial charge in [-0.2, -0.15) is 0 Å². The zero-order chi connectivity index (χ0) is 42.3. The number of hydrogen-bond donors (Lipinski definition) is 2. The van der Waals surface area contributed by atoms with Crippen LogP contribution in [0.3, 0.4) is 0 Å². The zero-order valence-electron chi connectivity index (χ0n) is 38.3. The summed E-state index contributed by atoms with van der Waals surface area (Å²) in [6.45, 7) is 6.72. The molecule has 0 heterocycles. The highest BCUT2D eigenvalue weighted by Crippen LogP contribution is 2.34. The van der Waals surface area contributed by atoms with E-state index in [1.165, 1.54) is 193 Å². The third-order valence-corrected chi connectivity index (χ3v) is 12.1. The Morgan fingerprint density at radius 1 is 0.424 bits per heavy atom. The quantitative estimate of drug-likeness (QED) is 0.0647. The standard InChI is InChI=1S/C52H91ClO6/c1-3-5-7-9-11-13-15-17-19-21-23-25-27-29-31-33-39-56-42-47(54)44-58-49-36-37-50-46(41-49)35-38-51(52(50)53)59-45-48(55)43-57-40-34-32-30-28-26-24-22-20-18-16-14-12-10-8-6-4-2/h35-38,41,47-48,54-55H,3-34,39-40,42-45H2,1-2H3. The highest BCUT2D eigenvalue weighted by molar-refractivity contribution is 6.37. The van der Waals surface area contributed by atoms with Gasteiger partial charge in [0.2, 0.25) is 0 Å². The summed E-state index contributed by atoms with van der Waals surface area (Å²) < 4.78 is 23.2. The van der Waals surface area contributed by atoms with E-state index in [0.717, 1.165) is 23.6 Å². The SMILES string of the molecule is CCCCCCCCCCCCCCCCCCOCC(O)COc1ccc2c(Cl)c(OCC(O)COCCCCCCCCCCCCCCCCCC)ccc2c1. The second-order valence-corrected chi connectivity index (χ2v) is 17.8. The van der Waals surface area contributed by atoms with Crippen molar-refractivity contribution in [2.45, 2.75) is 232 Å². The normalized spacial score (nSPS) is 12.7. The first-order valence-corrected chi connectivity index (χ1v) is 25.4. The Labute approximate surface area is 368 Å². The Balaban J connectivity index is 1.43. The van der Waals surface area contributed by atoms with E-state index >= 15 is 0 Å². The molecule has 2 atom stereocenters. The van der Waals surface area contributed by atoms with E-state index in [4.69, 9.17) is 30.5 Å². The number of benzene rings is 2. The average molecular weight is 848 g/mol. The Kier molecular flexibility index (Phi) is 35.7. The number of aliphatic hydroxyl groups is 2. The van der Waals surface area contributed by atoms with Crippen molar-refractivity contribution in [1.29, 1.82) is 0 Å². The summed E-state index contributed by atoms with van der Waals surface area (Å²) in [6.07, 6.45) is 41.8. The van der Waals surface area contributed by atoms with Gasteiger partial charge >= 0.3 is 0 Å². The molecule has 0 aliphatic heterocycles. The molecule has 2 aromatic carbocycles. The molecule has 7 heteroatoms. The first-order valence-electron chi connectivity index (χ1n) is 25.0. The summed E-state index contributed by atoms with van der Waals surface area (Å²) >= 11 is 6.69. The summed E-state index contributed by atoms with van der Waals surface area (Å²) in [5.74, 6) is 1.19. The molecule has 0 fully saturated rings. The Hall–Kier alpha value is -1.57. The second kappa shape index (κ2) is 39.3. The molecule has 59 heavy (non-hydrogen) atoms. The lowest BCUT2D eigenvalue weighted by Gasteiger charge is -2.15. The molecule has 0 bridgehead atoms. The Morgan fingerprint density at radius 2 is 0.780 bits per heavy atom. The number of hydrogen-bond acceptors (Lipinski definition) is 6. The number of unbranched alkanes of at least 4 members (excludes halogenated alkanes) is 30. The van der Waals surface area contributed by atoms with Crippen LogP contribution in [-0.2, 0) is 9.47 Å². The molecule has 0 radical (unpaired) electrons. The van der Waals surface area contributed by atoms with E-state index in [1.54, 1.807) is 0 Å². The van der Waals surface area contributed by atoms with E-state index < -0.39 is 12.2 Å². The van der Waals surface area contributed by atoms with Gasteiger partial charge in [-0.15, -0.1) is 0 Å². The number of ether oxygens (including phenoxy) is 4. The van der Waals surface area contributed by atoms with Gasteiger partial charge in [0.05, 0.1) is 18.2 Å². The van der Waals surface area contributed by atoms with E-state index in [1.807, 2.05) is 30.3 Å². The molecule has 0 saturated carbocycles. The summed E-state index contributed by atoms with van der Waals surface area (Å²) in [5, 5.41) is 23.1. The minimum Gasteiger partial charge on any atom is -0.491 e. The first-order chi connectivity index (χ1) is 29.0. The molecule has 0 aromatic heterocycles. The maximum Gasteiger partial charge on any atom is 0.138 e. The molecule has 2 N–H and O–H groups in total. The first kappa shape index (κ1) is 53.6. The number of aliphatic hydroxyl groups excluding tert-OH is 2. The summed E-state index contributed by atoms with van der Waals surface area (Å²) in [4.78, 5) is 0. The lowest BCUT2D eigenvalue weighted by Crippen LogP contribution is -2.23. The number of rotatable bonds is 44. The fraction of sp³-hybridized carbons (Fsp3) is 0.808. The smallest absolute Gasteiger partial charge is 0.138 e. The number of halogens is 1. The summed E-state index contributed by atoms with van der Waals surface area (Å²) in [5.41, 5.74) is 0. The van der Waals surface area contributed by atoms with Crippen molar-refractivity contribution in [1.82, 2.24) is 0 Å². The maximum absolute atomic E-state index is 10.4. The van der Waals surface area contributed by atoms with Gasteiger partial charge in [-0.3, -0.25) is 0 Å². The molecule has 0 saturated heterocycles. The summed E-state index contributed by atoms with van der Waals surface area (Å²) in [6, 6.07) is 9.42. The molecule has 0 amide bonds. The Bertz CT molecular complexity index is 1210. The van der Waals surface area contributed by atoms with E-state index in [0.29, 0.717) is 29.7 Å². The van der Waals surface area contributed by atoms with Crippen LogP contribution < -0.4 is 9.47 Å². The predicted molar refractivity (Wildman–Crippen MR) is 253 cm³/mol. The van der Waals surface area contributed by atoms with E-state index in [2.05, 4.69) is 13.8 Å². The van der Waals surface area contributed by atoms with Gasteiger partial charge in [-0.05, 0) is 42.5 Å².